The van der Waals surface area contributed by atoms with Crippen LogP contribution in [0.25, 0.3) is 10.8 Å². The second-order valence-electron chi connectivity index (χ2n) is 5.00. The van der Waals surface area contributed by atoms with Crippen molar-refractivity contribution >= 4 is 28.7 Å². The molecule has 0 bridgehead atoms. The molecule has 0 spiro atoms. The average molecular weight is 346 g/mol. The number of aromatic nitrogens is 2. The number of nitrogens with one attached hydrogen (secondary N) is 2. The summed E-state index contributed by atoms with van der Waals surface area (Å²) in [6.45, 7) is 3.41. The molecule has 0 aliphatic rings. The number of carbonyl (C=O) groups is 3. The summed E-state index contributed by atoms with van der Waals surface area (Å²) in [6, 6.07) is 5.84. The van der Waals surface area contributed by atoms with Gasteiger partial charge in [-0.25, -0.2) is 14.3 Å². The first-order chi connectivity index (χ1) is 12.0. The van der Waals surface area contributed by atoms with Crippen LogP contribution in [0.4, 0.5) is 4.79 Å². The Labute approximate surface area is 143 Å². The van der Waals surface area contributed by atoms with Gasteiger partial charge in [0.2, 0.25) is 0 Å². The number of nitrogens with zero attached hydrogens (tertiary/aromatic N) is 2. The Hall–Kier alpha value is -3.23. The molecule has 0 atom stereocenters. The van der Waals surface area contributed by atoms with E-state index in [2.05, 4.69) is 10.4 Å². The fraction of sp³-hybridized carbons (Fsp3) is 0.312. The van der Waals surface area contributed by atoms with E-state index in [1.54, 1.807) is 38.1 Å². The smallest absolute Gasteiger partial charge is 0.359 e. The lowest BCUT2D eigenvalue weighted by molar-refractivity contribution is -0.123. The van der Waals surface area contributed by atoms with Gasteiger partial charge < -0.3 is 10.1 Å². The molecule has 2 N–H and O–H groups in total. The summed E-state index contributed by atoms with van der Waals surface area (Å²) in [4.78, 5) is 47.3. The van der Waals surface area contributed by atoms with Crippen molar-refractivity contribution in [3.63, 3.8) is 0 Å². The van der Waals surface area contributed by atoms with E-state index in [4.69, 9.17) is 4.74 Å². The Balaban J connectivity index is 2.19. The number of hydrogen-bond acceptors (Lipinski definition) is 6. The molecule has 2 rings (SSSR count). The van der Waals surface area contributed by atoms with E-state index in [1.807, 2.05) is 5.32 Å². The first-order valence-corrected chi connectivity index (χ1v) is 7.72. The van der Waals surface area contributed by atoms with Crippen LogP contribution in [0.3, 0.4) is 0 Å². The standard InChI is InChI=1S/C16H18N4O5/c1-3-17-16(24)18-12(21)9-25-15(23)13-10-7-5-6-8-11(10)14(22)20(4-2)19-13/h5-8H,3-4,9H2,1-2H3,(H2,17,18,21,24). The highest BCUT2D eigenvalue weighted by atomic mass is 16.5. The van der Waals surface area contributed by atoms with Gasteiger partial charge in [-0.05, 0) is 19.9 Å². The maximum absolute atomic E-state index is 12.3. The second kappa shape index (κ2) is 8.04. The molecule has 0 fully saturated rings. The topological polar surface area (TPSA) is 119 Å². The quantitative estimate of drug-likeness (QED) is 0.757. The fourth-order valence-corrected chi connectivity index (χ4v) is 2.17. The molecule has 0 aliphatic heterocycles. The molecule has 2 aromatic rings. The van der Waals surface area contributed by atoms with E-state index in [1.165, 1.54) is 0 Å². The first-order valence-electron chi connectivity index (χ1n) is 7.72. The van der Waals surface area contributed by atoms with Gasteiger partial charge in [0.15, 0.2) is 12.3 Å². The van der Waals surface area contributed by atoms with Gasteiger partial charge in [-0.1, -0.05) is 18.2 Å². The van der Waals surface area contributed by atoms with Gasteiger partial charge in [-0.15, -0.1) is 0 Å². The van der Waals surface area contributed by atoms with Gasteiger partial charge in [-0.2, -0.15) is 5.10 Å². The molecular formula is C16H18N4O5. The van der Waals surface area contributed by atoms with Crippen LogP contribution in [0.15, 0.2) is 29.1 Å². The van der Waals surface area contributed by atoms with Gasteiger partial charge in [0, 0.05) is 18.5 Å². The van der Waals surface area contributed by atoms with Crippen molar-refractivity contribution in [2.45, 2.75) is 20.4 Å². The van der Waals surface area contributed by atoms with Gasteiger partial charge in [0.25, 0.3) is 11.5 Å². The van der Waals surface area contributed by atoms with E-state index in [-0.39, 0.29) is 17.8 Å². The number of rotatable bonds is 5. The normalized spacial score (nSPS) is 10.3. The van der Waals surface area contributed by atoms with Gasteiger partial charge in [0.05, 0.1) is 5.39 Å². The Bertz CT molecular complexity index is 874. The molecule has 1 heterocycles. The lowest BCUT2D eigenvalue weighted by Gasteiger charge is -2.09. The van der Waals surface area contributed by atoms with Crippen LogP contribution < -0.4 is 16.2 Å². The highest BCUT2D eigenvalue weighted by Crippen LogP contribution is 2.14. The average Bonchev–Trinajstić information content (AvgIpc) is 2.60. The Morgan fingerprint density at radius 3 is 2.48 bits per heavy atom. The number of urea groups is 1. The third-order valence-electron chi connectivity index (χ3n) is 3.29. The van der Waals surface area contributed by atoms with Crippen LogP contribution >= 0.6 is 0 Å². The molecule has 9 heteroatoms. The Morgan fingerprint density at radius 1 is 1.16 bits per heavy atom. The number of carbonyl (C=O) groups excluding carboxylic acids is 3. The summed E-state index contributed by atoms with van der Waals surface area (Å²) >= 11 is 0. The highest BCUT2D eigenvalue weighted by molar-refractivity contribution is 6.03. The summed E-state index contributed by atoms with van der Waals surface area (Å²) in [5.74, 6) is -1.63. The molecular weight excluding hydrogens is 328 g/mol. The zero-order valence-corrected chi connectivity index (χ0v) is 13.9. The third kappa shape index (κ3) is 4.19. The summed E-state index contributed by atoms with van der Waals surface area (Å²) in [5, 5.41) is 9.07. The molecule has 0 unspecified atom stereocenters. The molecule has 1 aromatic heterocycles. The summed E-state index contributed by atoms with van der Waals surface area (Å²) in [7, 11) is 0. The maximum atomic E-state index is 12.3. The van der Waals surface area contributed by atoms with Crippen LogP contribution in [0.2, 0.25) is 0 Å². The fourth-order valence-electron chi connectivity index (χ4n) is 2.17. The SMILES string of the molecule is CCNC(=O)NC(=O)COC(=O)c1nn(CC)c(=O)c2ccccc12. The minimum absolute atomic E-state index is 0.0668. The Kier molecular flexibility index (Phi) is 5.83. The number of fused-ring (bicyclic) bond motifs is 1. The molecule has 0 saturated heterocycles. The number of imide groups is 1. The van der Waals surface area contributed by atoms with E-state index < -0.39 is 24.5 Å². The van der Waals surface area contributed by atoms with Crippen LogP contribution in [-0.4, -0.2) is 40.8 Å². The van der Waals surface area contributed by atoms with E-state index in [0.29, 0.717) is 17.3 Å². The summed E-state index contributed by atoms with van der Waals surface area (Å²) < 4.78 is 6.05. The second-order valence-corrected chi connectivity index (χ2v) is 5.00. The van der Waals surface area contributed by atoms with Crippen molar-refractivity contribution in [2.75, 3.05) is 13.2 Å². The number of amides is 3. The van der Waals surface area contributed by atoms with Crippen molar-refractivity contribution in [3.8, 4) is 0 Å². The maximum Gasteiger partial charge on any atom is 0.359 e. The lowest BCUT2D eigenvalue weighted by atomic mass is 10.1. The number of ether oxygens (including phenoxy) is 1. The first kappa shape index (κ1) is 18.1. The molecule has 9 nitrogen and oxygen atoms in total. The largest absolute Gasteiger partial charge is 0.451 e. The van der Waals surface area contributed by atoms with Crippen LogP contribution in [0, 0.1) is 0 Å². The van der Waals surface area contributed by atoms with Crippen molar-refractivity contribution in [1.29, 1.82) is 0 Å². The predicted octanol–water partition coefficient (Wildman–Crippen LogP) is 0.419. The number of hydrogen-bond donors (Lipinski definition) is 2. The third-order valence-corrected chi connectivity index (χ3v) is 3.29. The van der Waals surface area contributed by atoms with Crippen molar-refractivity contribution in [3.05, 3.63) is 40.3 Å². The molecule has 0 saturated carbocycles. The summed E-state index contributed by atoms with van der Waals surface area (Å²) in [6.07, 6.45) is 0. The van der Waals surface area contributed by atoms with Gasteiger partial charge in [-0.3, -0.25) is 14.9 Å². The lowest BCUT2D eigenvalue weighted by Crippen LogP contribution is -2.41. The van der Waals surface area contributed by atoms with Gasteiger partial charge in [0.1, 0.15) is 0 Å². The number of benzene rings is 1. The molecule has 3 amide bonds. The highest BCUT2D eigenvalue weighted by Gasteiger charge is 2.19. The molecule has 25 heavy (non-hydrogen) atoms. The monoisotopic (exact) mass is 346 g/mol. The summed E-state index contributed by atoms with van der Waals surface area (Å²) in [5.41, 5.74) is -0.383. The zero-order chi connectivity index (χ0) is 18.4. The predicted molar refractivity (Wildman–Crippen MR) is 89.2 cm³/mol. The van der Waals surface area contributed by atoms with E-state index in [0.717, 1.165) is 4.68 Å². The van der Waals surface area contributed by atoms with Crippen molar-refractivity contribution in [2.24, 2.45) is 0 Å². The van der Waals surface area contributed by atoms with Crippen LogP contribution in [0.1, 0.15) is 24.3 Å². The van der Waals surface area contributed by atoms with Gasteiger partial charge >= 0.3 is 12.0 Å². The Morgan fingerprint density at radius 2 is 1.84 bits per heavy atom. The van der Waals surface area contributed by atoms with Crippen LogP contribution in [-0.2, 0) is 16.1 Å². The van der Waals surface area contributed by atoms with E-state index >= 15 is 0 Å². The minimum Gasteiger partial charge on any atom is -0.451 e. The van der Waals surface area contributed by atoms with Crippen molar-refractivity contribution < 1.29 is 19.1 Å². The van der Waals surface area contributed by atoms with E-state index in [9.17, 15) is 19.2 Å². The number of aryl methyl sites for hydroxylation is 1. The zero-order valence-electron chi connectivity index (χ0n) is 13.9. The minimum atomic E-state index is -0.857. The van der Waals surface area contributed by atoms with Crippen LogP contribution in [0.5, 0.6) is 0 Å². The number of esters is 1. The molecule has 132 valence electrons. The molecule has 0 radical (unpaired) electrons. The molecule has 1 aromatic carbocycles. The molecule has 0 aliphatic carbocycles. The van der Waals surface area contributed by atoms with Crippen molar-refractivity contribution in [1.82, 2.24) is 20.4 Å².